The lowest BCUT2D eigenvalue weighted by Crippen LogP contribution is -1.96. The maximum absolute atomic E-state index is 5.83. The van der Waals surface area contributed by atoms with E-state index in [4.69, 9.17) is 24.7 Å². The third-order valence-corrected chi connectivity index (χ3v) is 2.81. The van der Waals surface area contributed by atoms with Crippen molar-refractivity contribution < 1.29 is 18.9 Å². The lowest BCUT2D eigenvalue weighted by atomic mass is 10.2. The van der Waals surface area contributed by atoms with E-state index in [1.165, 1.54) is 0 Å². The average Bonchev–Trinajstić information content (AvgIpc) is 2.49. The summed E-state index contributed by atoms with van der Waals surface area (Å²) in [6, 6.07) is 10.6. The molecule has 0 radical (unpaired) electrons. The summed E-state index contributed by atoms with van der Waals surface area (Å²) >= 11 is 0. The van der Waals surface area contributed by atoms with Gasteiger partial charge in [-0.15, -0.1) is 0 Å². The van der Waals surface area contributed by atoms with E-state index < -0.39 is 0 Å². The van der Waals surface area contributed by atoms with E-state index in [9.17, 15) is 0 Å². The van der Waals surface area contributed by atoms with E-state index in [0.29, 0.717) is 34.4 Å². The van der Waals surface area contributed by atoms with Crippen molar-refractivity contribution >= 4 is 5.69 Å². The Labute approximate surface area is 117 Å². The molecule has 5 heteroatoms. The molecule has 0 spiro atoms. The van der Waals surface area contributed by atoms with Gasteiger partial charge in [-0.05, 0) is 24.3 Å². The first-order valence-corrected chi connectivity index (χ1v) is 6.02. The zero-order chi connectivity index (χ0) is 14.5. The monoisotopic (exact) mass is 275 g/mol. The Hall–Kier alpha value is -2.56. The summed E-state index contributed by atoms with van der Waals surface area (Å²) in [4.78, 5) is 0. The highest BCUT2D eigenvalue weighted by Gasteiger charge is 2.13. The van der Waals surface area contributed by atoms with Gasteiger partial charge in [-0.25, -0.2) is 0 Å². The molecule has 0 atom stereocenters. The van der Waals surface area contributed by atoms with Crippen LogP contribution in [-0.2, 0) is 0 Å². The minimum atomic E-state index is 0.504. The van der Waals surface area contributed by atoms with E-state index in [1.807, 2.05) is 6.07 Å². The topological polar surface area (TPSA) is 62.9 Å². The lowest BCUT2D eigenvalue weighted by Gasteiger charge is -2.14. The summed E-state index contributed by atoms with van der Waals surface area (Å²) in [5.74, 6) is 2.81. The summed E-state index contributed by atoms with van der Waals surface area (Å²) in [6.07, 6.45) is 0. The molecular formula is C15H17NO4. The highest BCUT2D eigenvalue weighted by molar-refractivity contribution is 5.58. The number of methoxy groups -OCH3 is 3. The van der Waals surface area contributed by atoms with Crippen molar-refractivity contribution in [2.75, 3.05) is 27.1 Å². The number of hydrogen-bond donors (Lipinski definition) is 1. The van der Waals surface area contributed by atoms with Crippen LogP contribution < -0.4 is 24.7 Å². The molecule has 20 heavy (non-hydrogen) atoms. The van der Waals surface area contributed by atoms with Crippen molar-refractivity contribution in [1.29, 1.82) is 0 Å². The minimum Gasteiger partial charge on any atom is -0.494 e. The molecule has 2 N–H and O–H groups in total. The van der Waals surface area contributed by atoms with Crippen molar-refractivity contribution in [3.63, 3.8) is 0 Å². The van der Waals surface area contributed by atoms with Gasteiger partial charge in [0.1, 0.15) is 11.5 Å². The maximum atomic E-state index is 5.83. The van der Waals surface area contributed by atoms with Crippen LogP contribution in [0, 0.1) is 0 Å². The Kier molecular flexibility index (Phi) is 4.20. The van der Waals surface area contributed by atoms with E-state index in [1.54, 1.807) is 51.7 Å². The number of ether oxygens (including phenoxy) is 4. The van der Waals surface area contributed by atoms with E-state index in [0.717, 1.165) is 0 Å². The molecule has 0 bridgehead atoms. The first-order valence-electron chi connectivity index (χ1n) is 6.02. The van der Waals surface area contributed by atoms with Gasteiger partial charge < -0.3 is 24.7 Å². The van der Waals surface area contributed by atoms with Crippen molar-refractivity contribution in [3.05, 3.63) is 36.4 Å². The zero-order valence-corrected chi connectivity index (χ0v) is 11.7. The molecule has 2 rings (SSSR count). The highest BCUT2D eigenvalue weighted by Crippen LogP contribution is 2.41. The smallest absolute Gasteiger partial charge is 0.210 e. The Morgan fingerprint density at radius 2 is 1.40 bits per heavy atom. The van der Waals surface area contributed by atoms with Crippen LogP contribution in [0.5, 0.6) is 28.7 Å². The second-order valence-electron chi connectivity index (χ2n) is 4.00. The second-order valence-corrected chi connectivity index (χ2v) is 4.00. The quantitative estimate of drug-likeness (QED) is 0.849. The van der Waals surface area contributed by atoms with Crippen LogP contribution in [0.15, 0.2) is 36.4 Å². The molecule has 2 aromatic rings. The number of nitrogens with two attached hydrogens (primary N) is 1. The highest BCUT2D eigenvalue weighted by atomic mass is 16.5. The minimum absolute atomic E-state index is 0.504. The molecule has 0 aliphatic carbocycles. The number of para-hydroxylation sites is 1. The lowest BCUT2D eigenvalue weighted by molar-refractivity contribution is 0.345. The second kappa shape index (κ2) is 6.06. The fraction of sp³-hybridized carbons (Fsp3) is 0.200. The molecule has 0 heterocycles. The van der Waals surface area contributed by atoms with Crippen LogP contribution >= 0.6 is 0 Å². The van der Waals surface area contributed by atoms with Crippen LogP contribution in [-0.4, -0.2) is 21.3 Å². The van der Waals surface area contributed by atoms with Gasteiger partial charge in [0, 0.05) is 6.07 Å². The van der Waals surface area contributed by atoms with Gasteiger partial charge in [0.2, 0.25) is 5.75 Å². The van der Waals surface area contributed by atoms with Crippen LogP contribution in [0.3, 0.4) is 0 Å². The number of hydrogen-bond acceptors (Lipinski definition) is 5. The number of benzene rings is 2. The summed E-state index contributed by atoms with van der Waals surface area (Å²) in [7, 11) is 4.70. The van der Waals surface area contributed by atoms with Gasteiger partial charge in [0.25, 0.3) is 0 Å². The number of rotatable bonds is 5. The molecule has 0 aromatic heterocycles. The van der Waals surface area contributed by atoms with Crippen LogP contribution in [0.4, 0.5) is 5.69 Å². The van der Waals surface area contributed by atoms with Gasteiger partial charge in [0.05, 0.1) is 27.0 Å². The van der Waals surface area contributed by atoms with Crippen LogP contribution in [0.25, 0.3) is 0 Å². The molecule has 106 valence electrons. The number of anilines is 1. The summed E-state index contributed by atoms with van der Waals surface area (Å²) in [5, 5.41) is 0. The fourth-order valence-electron chi connectivity index (χ4n) is 1.79. The Bertz CT molecular complexity index is 576. The Morgan fingerprint density at radius 1 is 0.800 bits per heavy atom. The average molecular weight is 275 g/mol. The Morgan fingerprint density at radius 3 is 1.95 bits per heavy atom. The number of nitrogen functional groups attached to an aromatic ring is 1. The predicted molar refractivity (Wildman–Crippen MR) is 77.0 cm³/mol. The Balaban J connectivity index is 2.39. The van der Waals surface area contributed by atoms with E-state index in [-0.39, 0.29) is 0 Å². The van der Waals surface area contributed by atoms with E-state index >= 15 is 0 Å². The summed E-state index contributed by atoms with van der Waals surface area (Å²) in [5.41, 5.74) is 6.32. The summed E-state index contributed by atoms with van der Waals surface area (Å²) < 4.78 is 21.6. The molecule has 0 aliphatic rings. The first-order chi connectivity index (χ1) is 9.69. The first kappa shape index (κ1) is 13.9. The van der Waals surface area contributed by atoms with Crippen molar-refractivity contribution in [2.45, 2.75) is 0 Å². The largest absolute Gasteiger partial charge is 0.494 e. The van der Waals surface area contributed by atoms with Gasteiger partial charge >= 0.3 is 0 Å². The standard InChI is InChI=1S/C15H17NO4/c1-17-12-5-4-6-13(18-2)15(12)20-10-7-8-11(16)14(9-10)19-3/h4-9H,16H2,1-3H3. The normalized spacial score (nSPS) is 9.95. The molecule has 0 fully saturated rings. The predicted octanol–water partition coefficient (Wildman–Crippen LogP) is 3.09. The summed E-state index contributed by atoms with van der Waals surface area (Å²) in [6.45, 7) is 0. The van der Waals surface area contributed by atoms with E-state index in [2.05, 4.69) is 0 Å². The SMILES string of the molecule is COc1cc(Oc2c(OC)cccc2OC)ccc1N. The molecule has 0 aliphatic heterocycles. The van der Waals surface area contributed by atoms with Crippen molar-refractivity contribution in [1.82, 2.24) is 0 Å². The van der Waals surface area contributed by atoms with Gasteiger partial charge in [-0.2, -0.15) is 0 Å². The molecule has 0 amide bonds. The molecule has 0 saturated heterocycles. The van der Waals surface area contributed by atoms with Crippen molar-refractivity contribution in [2.24, 2.45) is 0 Å². The maximum Gasteiger partial charge on any atom is 0.210 e. The molecule has 0 unspecified atom stereocenters. The van der Waals surface area contributed by atoms with Crippen LogP contribution in [0.1, 0.15) is 0 Å². The zero-order valence-electron chi connectivity index (χ0n) is 11.7. The van der Waals surface area contributed by atoms with Gasteiger partial charge in [0.15, 0.2) is 11.5 Å². The third kappa shape index (κ3) is 2.71. The fourth-order valence-corrected chi connectivity index (χ4v) is 1.79. The van der Waals surface area contributed by atoms with Gasteiger partial charge in [-0.1, -0.05) is 6.07 Å². The molecule has 2 aromatic carbocycles. The molecular weight excluding hydrogens is 258 g/mol. The van der Waals surface area contributed by atoms with Crippen LogP contribution in [0.2, 0.25) is 0 Å². The molecule has 5 nitrogen and oxygen atoms in total. The van der Waals surface area contributed by atoms with Crippen molar-refractivity contribution in [3.8, 4) is 28.7 Å². The third-order valence-electron chi connectivity index (χ3n) is 2.81. The van der Waals surface area contributed by atoms with Gasteiger partial charge in [-0.3, -0.25) is 0 Å². The molecule has 0 saturated carbocycles.